The average Bonchev–Trinajstić information content (AvgIpc) is 2.81. The van der Waals surface area contributed by atoms with Crippen LogP contribution < -0.4 is 10.6 Å². The highest BCUT2D eigenvalue weighted by Gasteiger charge is 2.11. The van der Waals surface area contributed by atoms with Crippen molar-refractivity contribution in [3.8, 4) is 0 Å². The van der Waals surface area contributed by atoms with Gasteiger partial charge in [-0.2, -0.15) is 0 Å². The first-order valence-electron chi connectivity index (χ1n) is 5.90. The highest BCUT2D eigenvalue weighted by Crippen LogP contribution is 2.25. The molecule has 0 saturated heterocycles. The molecule has 2 aromatic rings. The zero-order chi connectivity index (χ0) is 14.7. The first-order chi connectivity index (χ1) is 9.45. The summed E-state index contributed by atoms with van der Waals surface area (Å²) in [5, 5.41) is 6.66. The molecule has 0 fully saturated rings. The molecule has 1 aromatic heterocycles. The number of anilines is 2. The lowest BCUT2D eigenvalue weighted by molar-refractivity contribution is -0.114. The lowest BCUT2D eigenvalue weighted by Crippen LogP contribution is -2.11. The van der Waals surface area contributed by atoms with Gasteiger partial charge in [0.15, 0.2) is 0 Å². The molecule has 1 aromatic carbocycles. The molecule has 6 heteroatoms. The highest BCUT2D eigenvalue weighted by atomic mass is 35.5. The molecular formula is C14H13ClN2O2S. The minimum Gasteiger partial charge on any atom is -0.321 e. The predicted molar refractivity (Wildman–Crippen MR) is 82.8 cm³/mol. The third kappa shape index (κ3) is 3.59. The smallest absolute Gasteiger partial charge is 0.265 e. The molecule has 0 bridgehead atoms. The van der Waals surface area contributed by atoms with Gasteiger partial charge in [-0.1, -0.05) is 17.7 Å². The Labute approximate surface area is 125 Å². The number of halogens is 1. The van der Waals surface area contributed by atoms with Gasteiger partial charge >= 0.3 is 0 Å². The first kappa shape index (κ1) is 14.6. The van der Waals surface area contributed by atoms with Crippen LogP contribution >= 0.6 is 22.9 Å². The van der Waals surface area contributed by atoms with Gasteiger partial charge < -0.3 is 10.6 Å². The van der Waals surface area contributed by atoms with E-state index < -0.39 is 0 Å². The molecule has 0 spiro atoms. The van der Waals surface area contributed by atoms with E-state index in [2.05, 4.69) is 10.6 Å². The van der Waals surface area contributed by atoms with Gasteiger partial charge in [-0.05, 0) is 36.8 Å². The molecule has 0 aliphatic heterocycles. The average molecular weight is 309 g/mol. The van der Waals surface area contributed by atoms with Crippen LogP contribution in [0.5, 0.6) is 0 Å². The summed E-state index contributed by atoms with van der Waals surface area (Å²) in [6.07, 6.45) is 0. The predicted octanol–water partition coefficient (Wildman–Crippen LogP) is 3.92. The Morgan fingerprint density at radius 1 is 1.15 bits per heavy atom. The largest absolute Gasteiger partial charge is 0.321 e. The number of hydrogen-bond donors (Lipinski definition) is 2. The fourth-order valence-corrected chi connectivity index (χ4v) is 2.63. The molecule has 20 heavy (non-hydrogen) atoms. The Morgan fingerprint density at radius 3 is 2.60 bits per heavy atom. The third-order valence-corrected chi connectivity index (χ3v) is 3.81. The number of thiophene rings is 1. The minimum atomic E-state index is -0.225. The zero-order valence-electron chi connectivity index (χ0n) is 11.0. The van der Waals surface area contributed by atoms with E-state index in [9.17, 15) is 9.59 Å². The summed E-state index contributed by atoms with van der Waals surface area (Å²) in [6, 6.07) is 8.69. The van der Waals surface area contributed by atoms with E-state index in [-0.39, 0.29) is 11.8 Å². The number of amides is 2. The van der Waals surface area contributed by atoms with Crippen LogP contribution in [0.25, 0.3) is 0 Å². The van der Waals surface area contributed by atoms with Crippen molar-refractivity contribution in [3.05, 3.63) is 45.8 Å². The van der Waals surface area contributed by atoms with Crippen LogP contribution in [0.15, 0.2) is 30.3 Å². The number of hydrogen-bond acceptors (Lipinski definition) is 3. The second kappa shape index (κ2) is 6.07. The Hall–Kier alpha value is -1.85. The molecule has 0 saturated carbocycles. The van der Waals surface area contributed by atoms with Gasteiger partial charge in [0.05, 0.1) is 9.88 Å². The Balaban J connectivity index is 2.13. The Morgan fingerprint density at radius 2 is 1.90 bits per heavy atom. The van der Waals surface area contributed by atoms with Gasteiger partial charge in [-0.15, -0.1) is 11.3 Å². The molecule has 4 nitrogen and oxygen atoms in total. The second-order valence-electron chi connectivity index (χ2n) is 4.26. The molecule has 2 N–H and O–H groups in total. The summed E-state index contributed by atoms with van der Waals surface area (Å²) in [5.41, 5.74) is 1.61. The van der Waals surface area contributed by atoms with Crippen molar-refractivity contribution in [2.45, 2.75) is 13.8 Å². The number of carbonyl (C=O) groups is 2. The van der Waals surface area contributed by atoms with Gasteiger partial charge in [-0.3, -0.25) is 9.59 Å². The number of benzene rings is 1. The van der Waals surface area contributed by atoms with Crippen molar-refractivity contribution in [1.29, 1.82) is 0 Å². The van der Waals surface area contributed by atoms with E-state index in [0.29, 0.717) is 20.6 Å². The summed E-state index contributed by atoms with van der Waals surface area (Å²) in [6.45, 7) is 3.32. The van der Waals surface area contributed by atoms with Crippen LogP contribution in [0.1, 0.15) is 22.2 Å². The molecule has 0 aliphatic carbocycles. The maximum atomic E-state index is 12.1. The molecule has 104 valence electrons. The third-order valence-electron chi connectivity index (χ3n) is 2.58. The van der Waals surface area contributed by atoms with Gasteiger partial charge in [0, 0.05) is 17.6 Å². The standard InChI is InChI=1S/C14H13ClN2O2S/c1-8-3-4-10(15)7-11(8)17-14(19)12-5-6-13(20-12)16-9(2)18/h3-7H,1-2H3,(H,16,18)(H,17,19). The van der Waals surface area contributed by atoms with Gasteiger partial charge in [-0.25, -0.2) is 0 Å². The van der Waals surface area contributed by atoms with E-state index in [1.807, 2.05) is 13.0 Å². The summed E-state index contributed by atoms with van der Waals surface area (Å²) in [7, 11) is 0. The SMILES string of the molecule is CC(=O)Nc1ccc(C(=O)Nc2cc(Cl)ccc2C)s1. The van der Waals surface area contributed by atoms with Crippen LogP contribution in [0.3, 0.4) is 0 Å². The number of carbonyl (C=O) groups excluding carboxylic acids is 2. The molecule has 2 rings (SSSR count). The van der Waals surface area contributed by atoms with Gasteiger partial charge in [0.1, 0.15) is 0 Å². The molecule has 0 atom stereocenters. The monoisotopic (exact) mass is 308 g/mol. The molecule has 0 radical (unpaired) electrons. The normalized spacial score (nSPS) is 10.2. The number of rotatable bonds is 3. The first-order valence-corrected chi connectivity index (χ1v) is 7.10. The van der Waals surface area contributed by atoms with Gasteiger partial charge in [0.2, 0.25) is 5.91 Å². The minimum absolute atomic E-state index is 0.163. The second-order valence-corrected chi connectivity index (χ2v) is 5.78. The van der Waals surface area contributed by atoms with Crippen molar-refractivity contribution >= 4 is 45.4 Å². The topological polar surface area (TPSA) is 58.2 Å². The van der Waals surface area contributed by atoms with Crippen LogP contribution in [0.2, 0.25) is 5.02 Å². The lowest BCUT2D eigenvalue weighted by atomic mass is 10.2. The molecular weight excluding hydrogens is 296 g/mol. The highest BCUT2D eigenvalue weighted by molar-refractivity contribution is 7.18. The van der Waals surface area contributed by atoms with Crippen LogP contribution in [0.4, 0.5) is 10.7 Å². The zero-order valence-corrected chi connectivity index (χ0v) is 12.6. The van der Waals surface area contributed by atoms with Crippen molar-refractivity contribution in [2.75, 3.05) is 10.6 Å². The quantitative estimate of drug-likeness (QED) is 0.903. The van der Waals surface area contributed by atoms with E-state index in [4.69, 9.17) is 11.6 Å². The molecule has 0 aliphatic rings. The van der Waals surface area contributed by atoms with Gasteiger partial charge in [0.25, 0.3) is 5.91 Å². The van der Waals surface area contributed by atoms with Crippen molar-refractivity contribution in [3.63, 3.8) is 0 Å². The van der Waals surface area contributed by atoms with E-state index >= 15 is 0 Å². The van der Waals surface area contributed by atoms with E-state index in [0.717, 1.165) is 5.56 Å². The summed E-state index contributed by atoms with van der Waals surface area (Å²) in [5.74, 6) is -0.388. The fraction of sp³-hybridized carbons (Fsp3) is 0.143. The Bertz CT molecular complexity index is 667. The lowest BCUT2D eigenvalue weighted by Gasteiger charge is -2.07. The molecule has 0 unspecified atom stereocenters. The van der Waals surface area contributed by atoms with E-state index in [1.165, 1.54) is 18.3 Å². The van der Waals surface area contributed by atoms with Crippen LogP contribution in [0, 0.1) is 6.92 Å². The summed E-state index contributed by atoms with van der Waals surface area (Å²) in [4.78, 5) is 23.6. The number of nitrogens with one attached hydrogen (secondary N) is 2. The van der Waals surface area contributed by atoms with E-state index in [1.54, 1.807) is 24.3 Å². The number of aryl methyl sites for hydroxylation is 1. The van der Waals surface area contributed by atoms with Crippen molar-refractivity contribution < 1.29 is 9.59 Å². The maximum Gasteiger partial charge on any atom is 0.265 e. The van der Waals surface area contributed by atoms with Crippen LogP contribution in [-0.4, -0.2) is 11.8 Å². The molecule has 1 heterocycles. The maximum absolute atomic E-state index is 12.1. The van der Waals surface area contributed by atoms with Crippen molar-refractivity contribution in [1.82, 2.24) is 0 Å². The molecule has 2 amide bonds. The Kier molecular flexibility index (Phi) is 4.42. The summed E-state index contributed by atoms with van der Waals surface area (Å²) < 4.78 is 0. The fourth-order valence-electron chi connectivity index (χ4n) is 1.61. The summed E-state index contributed by atoms with van der Waals surface area (Å²) >= 11 is 7.13. The van der Waals surface area contributed by atoms with Crippen molar-refractivity contribution in [2.24, 2.45) is 0 Å². The van der Waals surface area contributed by atoms with Crippen LogP contribution in [-0.2, 0) is 4.79 Å².